The highest BCUT2D eigenvalue weighted by atomic mass is 35.5. The Morgan fingerprint density at radius 1 is 1.26 bits per heavy atom. The Labute approximate surface area is 231 Å². The largest absolute Gasteiger partial charge is 0.462 e. The van der Waals surface area contributed by atoms with Gasteiger partial charge < -0.3 is 21.1 Å². The molecule has 2 aliphatic heterocycles. The van der Waals surface area contributed by atoms with Gasteiger partial charge in [0.25, 0.3) is 0 Å². The molecule has 39 heavy (non-hydrogen) atoms. The number of nitrogen functional groups attached to an aromatic ring is 1. The van der Waals surface area contributed by atoms with Crippen LogP contribution < -0.4 is 21.1 Å². The van der Waals surface area contributed by atoms with Crippen LogP contribution in [0.5, 0.6) is 6.01 Å². The third-order valence-corrected chi connectivity index (χ3v) is 8.37. The number of ether oxygens (including phenoxy) is 1. The summed E-state index contributed by atoms with van der Waals surface area (Å²) < 4.78 is 37.0. The molecule has 4 heterocycles. The van der Waals surface area contributed by atoms with E-state index in [4.69, 9.17) is 27.3 Å². The van der Waals surface area contributed by atoms with Crippen molar-refractivity contribution in [1.82, 2.24) is 25.2 Å². The Hall–Kier alpha value is -3.37. The first-order valence-corrected chi connectivity index (χ1v) is 13.9. The van der Waals surface area contributed by atoms with E-state index >= 15 is 4.39 Å². The van der Waals surface area contributed by atoms with E-state index in [1.165, 1.54) is 12.1 Å². The molecule has 0 unspecified atom stereocenters. The van der Waals surface area contributed by atoms with E-state index < -0.39 is 11.6 Å². The molecule has 0 saturated carbocycles. The van der Waals surface area contributed by atoms with E-state index in [0.29, 0.717) is 36.3 Å². The highest BCUT2D eigenvalue weighted by Crippen LogP contribution is 2.42. The minimum atomic E-state index is -0.685. The van der Waals surface area contributed by atoms with Gasteiger partial charge in [0.1, 0.15) is 23.8 Å². The van der Waals surface area contributed by atoms with Crippen LogP contribution in [-0.4, -0.2) is 64.7 Å². The van der Waals surface area contributed by atoms with Crippen LogP contribution in [0, 0.1) is 23.0 Å². The monoisotopic (exact) mass is 570 g/mol. The zero-order chi connectivity index (χ0) is 27.1. The molecule has 0 spiro atoms. The summed E-state index contributed by atoms with van der Waals surface area (Å²) in [5, 5.41) is 16.2. The van der Waals surface area contributed by atoms with Crippen molar-refractivity contribution in [2.75, 3.05) is 43.8 Å². The third-order valence-electron chi connectivity index (χ3n) is 7.18. The van der Waals surface area contributed by atoms with Gasteiger partial charge in [-0.1, -0.05) is 22.9 Å². The van der Waals surface area contributed by atoms with Crippen LogP contribution in [0.4, 0.5) is 19.7 Å². The number of nitrogens with two attached hydrogens (primary N) is 1. The Morgan fingerprint density at radius 3 is 2.87 bits per heavy atom. The number of likely N-dealkylation sites (tertiary alicyclic amines) is 1. The van der Waals surface area contributed by atoms with Crippen LogP contribution >= 0.6 is 22.9 Å². The fourth-order valence-corrected chi connectivity index (χ4v) is 6.17. The van der Waals surface area contributed by atoms with Crippen molar-refractivity contribution in [2.24, 2.45) is 0 Å². The van der Waals surface area contributed by atoms with Crippen LogP contribution in [0.2, 0.25) is 5.02 Å². The predicted octanol–water partition coefficient (Wildman–Crippen LogP) is 4.56. The van der Waals surface area contributed by atoms with Crippen molar-refractivity contribution in [2.45, 2.75) is 31.3 Å². The third kappa shape index (κ3) is 4.91. The molecule has 0 bridgehead atoms. The SMILES string of the molecule is N#CCCN1CCC[C@H]1COc1nc(NC2CNC2)c2cc(Cl)c(-c3ccc(F)c4sc(N)nc34)c(F)c2n1. The number of hydrogen-bond donors (Lipinski definition) is 3. The average molecular weight is 571 g/mol. The molecule has 0 aliphatic carbocycles. The van der Waals surface area contributed by atoms with Crippen LogP contribution in [0.1, 0.15) is 19.3 Å². The number of rotatable bonds is 8. The maximum atomic E-state index is 16.3. The first-order valence-electron chi connectivity index (χ1n) is 12.7. The Morgan fingerprint density at radius 2 is 2.10 bits per heavy atom. The fourth-order valence-electron chi connectivity index (χ4n) is 5.12. The second-order valence-electron chi connectivity index (χ2n) is 9.67. The van der Waals surface area contributed by atoms with Gasteiger partial charge in [-0.15, -0.1) is 0 Å². The van der Waals surface area contributed by atoms with E-state index in [0.717, 1.165) is 43.8 Å². The molecule has 2 aliphatic rings. The molecule has 2 saturated heterocycles. The van der Waals surface area contributed by atoms with E-state index in [9.17, 15) is 4.39 Å². The van der Waals surface area contributed by atoms with Crippen molar-refractivity contribution in [3.8, 4) is 23.2 Å². The smallest absolute Gasteiger partial charge is 0.319 e. The maximum absolute atomic E-state index is 16.3. The molecule has 9 nitrogen and oxygen atoms in total. The molecule has 202 valence electrons. The number of nitrogens with one attached hydrogen (secondary N) is 2. The Bertz CT molecular complexity index is 1610. The number of hydrogen-bond acceptors (Lipinski definition) is 10. The minimum absolute atomic E-state index is 0.0302. The van der Waals surface area contributed by atoms with Crippen molar-refractivity contribution in [3.05, 3.63) is 34.9 Å². The minimum Gasteiger partial charge on any atom is -0.462 e. The molecular formula is C26H25ClF2N8OS. The second kappa shape index (κ2) is 10.7. The summed E-state index contributed by atoms with van der Waals surface area (Å²) in [5.74, 6) is -0.756. The molecule has 0 amide bonds. The molecule has 4 N–H and O–H groups in total. The molecule has 6 rings (SSSR count). The number of thiazole rings is 1. The standard InChI is InChI=1S/C26H25ClF2N8OS/c27-17-9-16-21(20(29)19(17)15-4-5-18(28)23-22(15)34-25(31)39-23)35-26(36-24(16)33-13-10-32-11-13)38-12-14-3-1-7-37(14)8-2-6-30/h4-5,9,13-14,32H,1-3,7-8,10-12H2,(H2,31,34)(H,33,35,36)/t14-/m0/s1. The number of fused-ring (bicyclic) bond motifs is 2. The second-order valence-corrected chi connectivity index (χ2v) is 11.1. The van der Waals surface area contributed by atoms with Gasteiger partial charge >= 0.3 is 6.01 Å². The summed E-state index contributed by atoms with van der Waals surface area (Å²) in [5.41, 5.74) is 6.49. The molecule has 13 heteroatoms. The summed E-state index contributed by atoms with van der Waals surface area (Å²) >= 11 is 7.64. The number of nitrogens with zero attached hydrogens (tertiary/aromatic N) is 5. The first-order chi connectivity index (χ1) is 18.9. The molecule has 2 aromatic heterocycles. The Balaban J connectivity index is 1.42. The average Bonchev–Trinajstić information content (AvgIpc) is 3.51. The number of aromatic nitrogens is 3. The van der Waals surface area contributed by atoms with Crippen molar-refractivity contribution < 1.29 is 13.5 Å². The molecule has 4 aromatic rings. The molecule has 1 atom stereocenters. The van der Waals surface area contributed by atoms with Crippen molar-refractivity contribution >= 4 is 55.0 Å². The van der Waals surface area contributed by atoms with Crippen molar-refractivity contribution in [3.63, 3.8) is 0 Å². The van der Waals surface area contributed by atoms with Crippen molar-refractivity contribution in [1.29, 1.82) is 5.26 Å². The summed E-state index contributed by atoms with van der Waals surface area (Å²) in [6.07, 6.45) is 2.40. The van der Waals surface area contributed by atoms with E-state index in [1.54, 1.807) is 6.07 Å². The number of benzene rings is 2. The van der Waals surface area contributed by atoms with E-state index in [-0.39, 0.29) is 49.5 Å². The molecule has 2 fully saturated rings. The normalized spacial score (nSPS) is 17.9. The Kier molecular flexibility index (Phi) is 7.07. The lowest BCUT2D eigenvalue weighted by atomic mass is 10.0. The van der Waals surface area contributed by atoms with Gasteiger partial charge in [-0.05, 0) is 37.6 Å². The number of anilines is 2. The topological polar surface area (TPSA) is 125 Å². The van der Waals surface area contributed by atoms with E-state index in [1.807, 2.05) is 0 Å². The van der Waals surface area contributed by atoms with Gasteiger partial charge in [-0.2, -0.15) is 15.2 Å². The van der Waals surface area contributed by atoms with Crippen LogP contribution in [0.25, 0.3) is 32.2 Å². The lowest BCUT2D eigenvalue weighted by Crippen LogP contribution is -2.51. The maximum Gasteiger partial charge on any atom is 0.319 e. The summed E-state index contributed by atoms with van der Waals surface area (Å²) in [6.45, 7) is 3.38. The molecular weight excluding hydrogens is 546 g/mol. The molecule has 2 aromatic carbocycles. The quantitative estimate of drug-likeness (QED) is 0.279. The van der Waals surface area contributed by atoms with Gasteiger partial charge in [0, 0.05) is 48.6 Å². The fraction of sp³-hybridized carbons (Fsp3) is 0.385. The predicted molar refractivity (Wildman–Crippen MR) is 148 cm³/mol. The van der Waals surface area contributed by atoms with Gasteiger partial charge in [0.2, 0.25) is 0 Å². The zero-order valence-corrected chi connectivity index (χ0v) is 22.4. The van der Waals surface area contributed by atoms with Gasteiger partial charge in [0.15, 0.2) is 10.9 Å². The number of halogens is 3. The zero-order valence-electron chi connectivity index (χ0n) is 20.8. The number of nitriles is 1. The van der Waals surface area contributed by atoms with E-state index in [2.05, 4.69) is 36.6 Å². The van der Waals surface area contributed by atoms with Crippen LogP contribution in [0.3, 0.4) is 0 Å². The van der Waals surface area contributed by atoms with Crippen LogP contribution in [-0.2, 0) is 0 Å². The van der Waals surface area contributed by atoms with Gasteiger partial charge in [-0.25, -0.2) is 13.8 Å². The lowest BCUT2D eigenvalue weighted by molar-refractivity contribution is 0.167. The summed E-state index contributed by atoms with van der Waals surface area (Å²) in [7, 11) is 0. The lowest BCUT2D eigenvalue weighted by Gasteiger charge is -2.29. The van der Waals surface area contributed by atoms with Gasteiger partial charge in [-0.3, -0.25) is 4.90 Å². The summed E-state index contributed by atoms with van der Waals surface area (Å²) in [6, 6.07) is 6.77. The first kappa shape index (κ1) is 25.9. The van der Waals surface area contributed by atoms with Gasteiger partial charge in [0.05, 0.1) is 27.4 Å². The summed E-state index contributed by atoms with van der Waals surface area (Å²) in [4.78, 5) is 15.5. The van der Waals surface area contributed by atoms with Crippen LogP contribution in [0.15, 0.2) is 18.2 Å². The highest BCUT2D eigenvalue weighted by molar-refractivity contribution is 7.22. The highest BCUT2D eigenvalue weighted by Gasteiger charge is 2.27. The molecule has 0 radical (unpaired) electrons.